The number of carbonyl (C=O) groups excluding carboxylic acids is 1. The SMILES string of the molecule is COC(=O)C1C2C3CC(CCC31O[Si](C)(C)C(C)(C)C)C2(C)C. The van der Waals surface area contributed by atoms with E-state index in [2.05, 4.69) is 47.7 Å². The van der Waals surface area contributed by atoms with Gasteiger partial charge in [-0.15, -0.1) is 0 Å². The molecule has 0 N–H and O–H groups in total. The number of hydrogen-bond acceptors (Lipinski definition) is 3. The maximum Gasteiger partial charge on any atom is 0.311 e. The zero-order valence-corrected chi connectivity index (χ0v) is 17.2. The zero-order valence-electron chi connectivity index (χ0n) is 16.2. The molecule has 3 nitrogen and oxygen atoms in total. The molecule has 3 rings (SSSR count). The molecule has 0 radical (unpaired) electrons. The molecule has 132 valence electrons. The molecule has 5 unspecified atom stereocenters. The first-order chi connectivity index (χ1) is 10.4. The highest BCUT2D eigenvalue weighted by atomic mass is 28.4. The van der Waals surface area contributed by atoms with Crippen LogP contribution in [0.15, 0.2) is 0 Å². The second-order valence-corrected chi connectivity index (χ2v) is 15.0. The highest BCUT2D eigenvalue weighted by Crippen LogP contribution is 2.74. The fraction of sp³-hybridized carbons (Fsp3) is 0.947. The molecule has 0 amide bonds. The van der Waals surface area contributed by atoms with E-state index in [0.29, 0.717) is 11.8 Å². The molecule has 3 aliphatic carbocycles. The van der Waals surface area contributed by atoms with E-state index < -0.39 is 8.32 Å². The molecule has 0 aromatic heterocycles. The van der Waals surface area contributed by atoms with Crippen molar-refractivity contribution in [3.63, 3.8) is 0 Å². The van der Waals surface area contributed by atoms with Crippen LogP contribution in [0.25, 0.3) is 0 Å². The van der Waals surface area contributed by atoms with E-state index in [1.165, 1.54) is 20.0 Å². The Balaban J connectivity index is 1.99. The van der Waals surface area contributed by atoms with Crippen molar-refractivity contribution in [1.82, 2.24) is 0 Å². The van der Waals surface area contributed by atoms with Gasteiger partial charge in [-0.2, -0.15) is 0 Å². The zero-order chi connectivity index (χ0) is 17.4. The van der Waals surface area contributed by atoms with Gasteiger partial charge in [0.25, 0.3) is 0 Å². The molecule has 3 saturated carbocycles. The molecule has 3 aliphatic rings. The third kappa shape index (κ3) is 2.13. The van der Waals surface area contributed by atoms with Crippen molar-refractivity contribution in [2.24, 2.45) is 29.1 Å². The van der Waals surface area contributed by atoms with Gasteiger partial charge in [0.15, 0.2) is 8.32 Å². The highest BCUT2D eigenvalue weighted by molar-refractivity contribution is 6.74. The van der Waals surface area contributed by atoms with E-state index in [9.17, 15) is 4.79 Å². The van der Waals surface area contributed by atoms with Crippen molar-refractivity contribution in [2.45, 2.75) is 77.6 Å². The first kappa shape index (κ1) is 17.5. The number of esters is 1. The molecule has 23 heavy (non-hydrogen) atoms. The minimum Gasteiger partial charge on any atom is -0.469 e. The fourth-order valence-electron chi connectivity index (χ4n) is 5.65. The molecular formula is C19H34O3Si. The monoisotopic (exact) mass is 338 g/mol. The fourth-order valence-corrected chi connectivity index (χ4v) is 7.29. The number of hydrogen-bond donors (Lipinski definition) is 0. The number of fused-ring (bicyclic) bond motifs is 1. The summed E-state index contributed by atoms with van der Waals surface area (Å²) in [4.78, 5) is 12.7. The molecule has 0 aliphatic heterocycles. The van der Waals surface area contributed by atoms with Crippen LogP contribution >= 0.6 is 0 Å². The smallest absolute Gasteiger partial charge is 0.311 e. The van der Waals surface area contributed by atoms with E-state index in [-0.39, 0.29) is 27.9 Å². The predicted octanol–water partition coefficient (Wildman–Crippen LogP) is 4.62. The predicted molar refractivity (Wildman–Crippen MR) is 94.6 cm³/mol. The number of carbonyl (C=O) groups is 1. The topological polar surface area (TPSA) is 35.5 Å². The van der Waals surface area contributed by atoms with Gasteiger partial charge in [0.1, 0.15) is 0 Å². The van der Waals surface area contributed by atoms with Gasteiger partial charge in [0.2, 0.25) is 0 Å². The van der Waals surface area contributed by atoms with E-state index >= 15 is 0 Å². The number of methoxy groups -OCH3 is 1. The summed E-state index contributed by atoms with van der Waals surface area (Å²) in [5.74, 6) is 1.62. The van der Waals surface area contributed by atoms with Crippen LogP contribution in [0.5, 0.6) is 0 Å². The molecule has 4 heteroatoms. The first-order valence-electron chi connectivity index (χ1n) is 9.16. The Morgan fingerprint density at radius 2 is 1.83 bits per heavy atom. The Labute approximate surface area is 142 Å². The average Bonchev–Trinajstić information content (AvgIpc) is 2.51. The Morgan fingerprint density at radius 1 is 1.22 bits per heavy atom. The van der Waals surface area contributed by atoms with Gasteiger partial charge in [0.05, 0.1) is 18.6 Å². The van der Waals surface area contributed by atoms with Crippen LogP contribution in [0.4, 0.5) is 0 Å². The Morgan fingerprint density at radius 3 is 2.35 bits per heavy atom. The minimum atomic E-state index is -1.92. The largest absolute Gasteiger partial charge is 0.469 e. The van der Waals surface area contributed by atoms with Gasteiger partial charge >= 0.3 is 5.97 Å². The Hall–Kier alpha value is -0.353. The molecule has 0 heterocycles. The van der Waals surface area contributed by atoms with Crippen LogP contribution in [0.3, 0.4) is 0 Å². The first-order valence-corrected chi connectivity index (χ1v) is 12.1. The normalized spacial score (nSPS) is 41.4. The third-order valence-corrected chi connectivity index (χ3v) is 12.5. The van der Waals surface area contributed by atoms with Gasteiger partial charge in [-0.05, 0) is 60.6 Å². The quantitative estimate of drug-likeness (QED) is 0.556. The van der Waals surface area contributed by atoms with Crippen LogP contribution in [0, 0.1) is 29.1 Å². The van der Waals surface area contributed by atoms with Crippen molar-refractivity contribution in [3.8, 4) is 0 Å². The lowest BCUT2D eigenvalue weighted by molar-refractivity contribution is -0.213. The molecule has 5 atom stereocenters. The van der Waals surface area contributed by atoms with E-state index in [1.807, 2.05) is 0 Å². The van der Waals surface area contributed by atoms with Crippen molar-refractivity contribution < 1.29 is 14.0 Å². The van der Waals surface area contributed by atoms with Crippen molar-refractivity contribution in [1.29, 1.82) is 0 Å². The standard InChI is InChI=1S/C19H34O3Si/c1-17(2,3)23(7,8)22-19-10-9-12-11-13(19)14(18(12,4)5)15(19)16(20)21-6/h12-15H,9-11H2,1-8H3. The Bertz CT molecular complexity index is 519. The highest BCUT2D eigenvalue weighted by Gasteiger charge is 2.76. The van der Waals surface area contributed by atoms with Gasteiger partial charge < -0.3 is 9.16 Å². The maximum atomic E-state index is 12.7. The summed E-state index contributed by atoms with van der Waals surface area (Å²) in [6.07, 6.45) is 3.47. The lowest BCUT2D eigenvalue weighted by atomic mass is 9.50. The lowest BCUT2D eigenvalue weighted by Crippen LogP contribution is -2.70. The summed E-state index contributed by atoms with van der Waals surface area (Å²) in [5, 5.41) is 0.165. The molecule has 0 aromatic rings. The summed E-state index contributed by atoms with van der Waals surface area (Å²) in [6.45, 7) is 16.2. The minimum absolute atomic E-state index is 0.0411. The summed E-state index contributed by atoms with van der Waals surface area (Å²) in [7, 11) is -0.389. The summed E-state index contributed by atoms with van der Waals surface area (Å²) in [5.41, 5.74) is -0.00858. The van der Waals surface area contributed by atoms with Crippen LogP contribution in [0.1, 0.15) is 53.9 Å². The average molecular weight is 339 g/mol. The van der Waals surface area contributed by atoms with Crippen molar-refractivity contribution in [2.75, 3.05) is 7.11 Å². The van der Waals surface area contributed by atoms with Gasteiger partial charge in [-0.1, -0.05) is 34.6 Å². The van der Waals surface area contributed by atoms with Gasteiger partial charge in [-0.25, -0.2) is 0 Å². The number of rotatable bonds is 3. The molecule has 2 bridgehead atoms. The van der Waals surface area contributed by atoms with Gasteiger partial charge in [0, 0.05) is 0 Å². The summed E-state index contributed by atoms with van der Waals surface area (Å²) >= 11 is 0. The molecule has 3 fully saturated rings. The van der Waals surface area contributed by atoms with Crippen LogP contribution < -0.4 is 0 Å². The van der Waals surface area contributed by atoms with E-state index in [1.54, 1.807) is 0 Å². The summed E-state index contributed by atoms with van der Waals surface area (Å²) in [6, 6.07) is 0. The van der Waals surface area contributed by atoms with Crippen molar-refractivity contribution >= 4 is 14.3 Å². The molecular weight excluding hydrogens is 304 g/mol. The third-order valence-electron chi connectivity index (χ3n) is 7.99. The second kappa shape index (κ2) is 4.84. The second-order valence-electron chi connectivity index (χ2n) is 10.2. The maximum absolute atomic E-state index is 12.7. The van der Waals surface area contributed by atoms with Crippen LogP contribution in [-0.2, 0) is 14.0 Å². The van der Waals surface area contributed by atoms with Crippen LogP contribution in [-0.4, -0.2) is 27.0 Å². The number of ether oxygens (including phenoxy) is 1. The van der Waals surface area contributed by atoms with E-state index in [4.69, 9.17) is 9.16 Å². The molecule has 0 spiro atoms. The Kier molecular flexibility index (Phi) is 3.68. The van der Waals surface area contributed by atoms with Crippen molar-refractivity contribution in [3.05, 3.63) is 0 Å². The van der Waals surface area contributed by atoms with E-state index in [0.717, 1.165) is 12.3 Å². The molecule has 0 saturated heterocycles. The summed E-state index contributed by atoms with van der Waals surface area (Å²) < 4.78 is 12.2. The lowest BCUT2D eigenvalue weighted by Gasteiger charge is -2.63. The van der Waals surface area contributed by atoms with Gasteiger partial charge in [-0.3, -0.25) is 4.79 Å². The molecule has 0 aromatic carbocycles. The van der Waals surface area contributed by atoms with Crippen LogP contribution in [0.2, 0.25) is 18.1 Å².